The van der Waals surface area contributed by atoms with Crippen LogP contribution in [0.2, 0.25) is 0 Å². The predicted octanol–water partition coefficient (Wildman–Crippen LogP) is 10.4. The van der Waals surface area contributed by atoms with Gasteiger partial charge in [0.05, 0.1) is 17.0 Å². The molecule has 0 fully saturated rings. The van der Waals surface area contributed by atoms with Gasteiger partial charge in [-0.25, -0.2) is 0 Å². The number of nitriles is 1. The molecule has 43 heavy (non-hydrogen) atoms. The standard InChI is InChI=1S/C42H25N/c43-26-27-17-19-28(20-18-27)31-24-23-30-22-21-29-9-1-7-15-37(29)42(39(30)25-31)38-16-8-6-14-36(38)40-34-12-4-2-10-32(34)33-11-3-5-13-35(33)41(40)42/h1-25H. The molecule has 198 valence electrons. The van der Waals surface area contributed by atoms with Gasteiger partial charge >= 0.3 is 0 Å². The van der Waals surface area contributed by atoms with Crippen molar-refractivity contribution in [3.63, 3.8) is 0 Å². The minimum atomic E-state index is -0.534. The molecule has 1 atom stereocenters. The smallest absolute Gasteiger partial charge is 0.0991 e. The highest BCUT2D eigenvalue weighted by Gasteiger charge is 2.50. The first-order chi connectivity index (χ1) is 21.3. The summed E-state index contributed by atoms with van der Waals surface area (Å²) in [5.41, 5.74) is 12.7. The molecule has 0 amide bonds. The Kier molecular flexibility index (Phi) is 4.95. The number of hydrogen-bond acceptors (Lipinski definition) is 1. The molecule has 0 aromatic heterocycles. The van der Waals surface area contributed by atoms with Crippen molar-refractivity contribution in [2.45, 2.75) is 5.41 Å². The van der Waals surface area contributed by atoms with Gasteiger partial charge in [-0.2, -0.15) is 5.26 Å². The van der Waals surface area contributed by atoms with Crippen LogP contribution < -0.4 is 0 Å². The van der Waals surface area contributed by atoms with E-state index < -0.39 is 5.41 Å². The maximum Gasteiger partial charge on any atom is 0.0991 e. The van der Waals surface area contributed by atoms with Crippen LogP contribution in [0.25, 0.3) is 56.0 Å². The van der Waals surface area contributed by atoms with Gasteiger partial charge < -0.3 is 0 Å². The molecule has 0 bridgehead atoms. The molecule has 0 heterocycles. The van der Waals surface area contributed by atoms with Gasteiger partial charge in [0.15, 0.2) is 0 Å². The molecule has 1 spiro atoms. The second kappa shape index (κ2) is 8.89. The first kappa shape index (κ1) is 23.9. The highest BCUT2D eigenvalue weighted by atomic mass is 14.5. The van der Waals surface area contributed by atoms with Gasteiger partial charge in [-0.1, -0.05) is 133 Å². The fraction of sp³-hybridized carbons (Fsp3) is 0.0238. The Morgan fingerprint density at radius 1 is 0.465 bits per heavy atom. The van der Waals surface area contributed by atoms with Gasteiger partial charge in [-0.05, 0) is 95.4 Å². The summed E-state index contributed by atoms with van der Waals surface area (Å²) in [5.74, 6) is 0. The second-order valence-electron chi connectivity index (χ2n) is 11.5. The third-order valence-electron chi connectivity index (χ3n) is 9.52. The fourth-order valence-corrected chi connectivity index (χ4v) is 7.78. The zero-order valence-corrected chi connectivity index (χ0v) is 23.4. The summed E-state index contributed by atoms with van der Waals surface area (Å²) in [7, 11) is 0. The zero-order chi connectivity index (χ0) is 28.5. The lowest BCUT2D eigenvalue weighted by Gasteiger charge is -2.36. The molecular weight excluding hydrogens is 518 g/mol. The van der Waals surface area contributed by atoms with Crippen molar-refractivity contribution in [1.29, 1.82) is 5.26 Å². The monoisotopic (exact) mass is 543 g/mol. The minimum absolute atomic E-state index is 0.534. The average molecular weight is 544 g/mol. The summed E-state index contributed by atoms with van der Waals surface area (Å²) >= 11 is 0. The third-order valence-corrected chi connectivity index (χ3v) is 9.52. The Balaban J connectivity index is 1.51. The van der Waals surface area contributed by atoms with Gasteiger partial charge in [-0.3, -0.25) is 0 Å². The first-order valence-corrected chi connectivity index (χ1v) is 14.8. The molecule has 0 saturated heterocycles. The van der Waals surface area contributed by atoms with E-state index in [2.05, 4.69) is 146 Å². The van der Waals surface area contributed by atoms with Crippen LogP contribution in [0.1, 0.15) is 38.9 Å². The van der Waals surface area contributed by atoms with Crippen molar-refractivity contribution < 1.29 is 0 Å². The van der Waals surface area contributed by atoms with Crippen LogP contribution in [0.4, 0.5) is 0 Å². The van der Waals surface area contributed by atoms with E-state index in [1.54, 1.807) is 0 Å². The maximum absolute atomic E-state index is 9.41. The number of benzene rings is 7. The lowest BCUT2D eigenvalue weighted by atomic mass is 9.64. The molecule has 0 aliphatic heterocycles. The van der Waals surface area contributed by atoms with Gasteiger partial charge in [-0.15, -0.1) is 0 Å². The lowest BCUT2D eigenvalue weighted by molar-refractivity contribution is 0.774. The average Bonchev–Trinajstić information content (AvgIpc) is 3.31. The van der Waals surface area contributed by atoms with Crippen LogP contribution in [-0.2, 0) is 5.41 Å². The van der Waals surface area contributed by atoms with E-state index in [0.717, 1.165) is 11.1 Å². The van der Waals surface area contributed by atoms with Crippen molar-refractivity contribution in [1.82, 2.24) is 0 Å². The lowest BCUT2D eigenvalue weighted by Crippen LogP contribution is -2.30. The first-order valence-electron chi connectivity index (χ1n) is 14.8. The molecule has 7 aromatic carbocycles. The highest BCUT2D eigenvalue weighted by molar-refractivity contribution is 6.19. The molecular formula is C42H25N. The maximum atomic E-state index is 9.41. The molecule has 0 radical (unpaired) electrons. The topological polar surface area (TPSA) is 23.8 Å². The van der Waals surface area contributed by atoms with E-state index in [0.29, 0.717) is 5.56 Å². The van der Waals surface area contributed by atoms with Crippen molar-refractivity contribution in [3.05, 3.63) is 178 Å². The molecule has 2 aliphatic rings. The van der Waals surface area contributed by atoms with Gasteiger partial charge in [0, 0.05) is 0 Å². The predicted molar refractivity (Wildman–Crippen MR) is 178 cm³/mol. The molecule has 0 saturated carbocycles. The Labute approximate surface area is 250 Å². The number of fused-ring (bicyclic) bond motifs is 14. The van der Waals surface area contributed by atoms with Crippen molar-refractivity contribution >= 4 is 33.7 Å². The number of nitrogens with zero attached hydrogens (tertiary/aromatic N) is 1. The molecule has 1 heteroatoms. The van der Waals surface area contributed by atoms with E-state index >= 15 is 0 Å². The number of rotatable bonds is 1. The largest absolute Gasteiger partial charge is 0.192 e. The summed E-state index contributed by atoms with van der Waals surface area (Å²) in [5, 5.41) is 14.6. The summed E-state index contributed by atoms with van der Waals surface area (Å²) in [6, 6.07) is 52.9. The fourth-order valence-electron chi connectivity index (χ4n) is 7.78. The molecule has 9 rings (SSSR count). The van der Waals surface area contributed by atoms with E-state index in [1.165, 1.54) is 66.1 Å². The van der Waals surface area contributed by atoms with Crippen LogP contribution in [0.3, 0.4) is 0 Å². The van der Waals surface area contributed by atoms with E-state index in [9.17, 15) is 5.26 Å². The van der Waals surface area contributed by atoms with Crippen molar-refractivity contribution in [3.8, 4) is 28.3 Å². The Hall–Kier alpha value is -5.71. The summed E-state index contributed by atoms with van der Waals surface area (Å²) < 4.78 is 0. The van der Waals surface area contributed by atoms with Crippen LogP contribution in [-0.4, -0.2) is 0 Å². The van der Waals surface area contributed by atoms with E-state index in [1.807, 2.05) is 12.1 Å². The van der Waals surface area contributed by atoms with Crippen molar-refractivity contribution in [2.24, 2.45) is 0 Å². The SMILES string of the molecule is N#Cc1ccc(-c2ccc3c(c2)C2(c4ccccc4C=C3)c3ccccc3-c3c2c2ccccc2c2ccccc32)cc1. The Morgan fingerprint density at radius 3 is 1.81 bits per heavy atom. The van der Waals surface area contributed by atoms with E-state index in [4.69, 9.17) is 0 Å². The van der Waals surface area contributed by atoms with E-state index in [-0.39, 0.29) is 0 Å². The molecule has 1 nitrogen and oxygen atoms in total. The Bertz CT molecular complexity index is 2350. The summed E-state index contributed by atoms with van der Waals surface area (Å²) in [6.07, 6.45) is 4.57. The van der Waals surface area contributed by atoms with Crippen molar-refractivity contribution in [2.75, 3.05) is 0 Å². The molecule has 1 unspecified atom stereocenters. The quantitative estimate of drug-likeness (QED) is 0.189. The van der Waals surface area contributed by atoms with Gasteiger partial charge in [0.25, 0.3) is 0 Å². The van der Waals surface area contributed by atoms with Gasteiger partial charge in [0.2, 0.25) is 0 Å². The van der Waals surface area contributed by atoms with Crippen LogP contribution in [0.5, 0.6) is 0 Å². The van der Waals surface area contributed by atoms with Gasteiger partial charge in [0.1, 0.15) is 0 Å². The minimum Gasteiger partial charge on any atom is -0.192 e. The molecule has 2 aliphatic carbocycles. The molecule has 7 aromatic rings. The zero-order valence-electron chi connectivity index (χ0n) is 23.4. The Morgan fingerprint density at radius 2 is 1.05 bits per heavy atom. The highest BCUT2D eigenvalue weighted by Crippen LogP contribution is 2.62. The number of hydrogen-bond donors (Lipinski definition) is 0. The van der Waals surface area contributed by atoms with Crippen LogP contribution in [0.15, 0.2) is 140 Å². The molecule has 0 N–H and O–H groups in total. The van der Waals surface area contributed by atoms with Crippen LogP contribution in [0, 0.1) is 11.3 Å². The summed E-state index contributed by atoms with van der Waals surface area (Å²) in [4.78, 5) is 0. The summed E-state index contributed by atoms with van der Waals surface area (Å²) in [6.45, 7) is 0. The normalized spacial score (nSPS) is 15.9. The van der Waals surface area contributed by atoms with Crippen LogP contribution >= 0.6 is 0 Å². The third kappa shape index (κ3) is 3.16. The second-order valence-corrected chi connectivity index (χ2v) is 11.5.